The maximum Gasteiger partial charge on any atom is 0.320 e. The van der Waals surface area contributed by atoms with Gasteiger partial charge in [0.1, 0.15) is 6.04 Å². The number of benzene rings is 1. The van der Waals surface area contributed by atoms with Gasteiger partial charge in [-0.2, -0.15) is 0 Å². The lowest BCUT2D eigenvalue weighted by molar-refractivity contribution is -0.139. The molecule has 0 aliphatic rings. The molecule has 0 spiro atoms. The van der Waals surface area contributed by atoms with Gasteiger partial charge >= 0.3 is 5.97 Å². The molecule has 0 aliphatic heterocycles. The molecule has 1 rings (SSSR count). The number of rotatable bonds is 7. The average molecular weight is 235 g/mol. The number of aliphatic carboxylic acids is 1. The molecule has 0 saturated heterocycles. The number of hydrogen-bond donors (Lipinski definition) is 2. The summed E-state index contributed by atoms with van der Waals surface area (Å²) < 4.78 is 0. The summed E-state index contributed by atoms with van der Waals surface area (Å²) in [5.74, 6) is -0.803. The molecule has 0 heterocycles. The van der Waals surface area contributed by atoms with Crippen LogP contribution in [0.3, 0.4) is 0 Å². The van der Waals surface area contributed by atoms with Gasteiger partial charge in [0.05, 0.1) is 0 Å². The summed E-state index contributed by atoms with van der Waals surface area (Å²) in [6.07, 6.45) is 3.18. The van der Waals surface area contributed by atoms with Gasteiger partial charge in [-0.3, -0.25) is 10.1 Å². The van der Waals surface area contributed by atoms with Crippen LogP contribution in [0.5, 0.6) is 0 Å². The fraction of sp³-hybridized carbons (Fsp3) is 0.500. The van der Waals surface area contributed by atoms with E-state index in [9.17, 15) is 4.79 Å². The Morgan fingerprint density at radius 3 is 2.53 bits per heavy atom. The third kappa shape index (κ3) is 4.57. The molecule has 0 bridgehead atoms. The van der Waals surface area contributed by atoms with Crippen LogP contribution in [0.25, 0.3) is 0 Å². The van der Waals surface area contributed by atoms with Gasteiger partial charge in [-0.15, -0.1) is 0 Å². The van der Waals surface area contributed by atoms with Crippen molar-refractivity contribution < 1.29 is 9.90 Å². The van der Waals surface area contributed by atoms with Crippen molar-refractivity contribution in [3.63, 3.8) is 0 Å². The normalized spacial score (nSPS) is 14.2. The summed E-state index contributed by atoms with van der Waals surface area (Å²) in [7, 11) is 0. The van der Waals surface area contributed by atoms with Gasteiger partial charge in [-0.1, -0.05) is 50.1 Å². The van der Waals surface area contributed by atoms with Crippen LogP contribution in [-0.2, 0) is 4.79 Å². The lowest BCUT2D eigenvalue weighted by Gasteiger charge is -2.21. The molecule has 3 heteroatoms. The van der Waals surface area contributed by atoms with Gasteiger partial charge in [0.15, 0.2) is 0 Å². The van der Waals surface area contributed by atoms with Crippen LogP contribution in [0.15, 0.2) is 30.3 Å². The molecule has 17 heavy (non-hydrogen) atoms. The number of nitrogens with one attached hydrogen (secondary N) is 1. The Kier molecular flexibility index (Phi) is 5.70. The van der Waals surface area contributed by atoms with Crippen LogP contribution in [0, 0.1) is 0 Å². The van der Waals surface area contributed by atoms with Crippen molar-refractivity contribution >= 4 is 5.97 Å². The minimum atomic E-state index is -0.803. The zero-order valence-electron chi connectivity index (χ0n) is 10.5. The molecule has 2 atom stereocenters. The van der Waals surface area contributed by atoms with E-state index >= 15 is 0 Å². The van der Waals surface area contributed by atoms with Gasteiger partial charge in [0.2, 0.25) is 0 Å². The van der Waals surface area contributed by atoms with Gasteiger partial charge in [-0.25, -0.2) is 0 Å². The zero-order valence-corrected chi connectivity index (χ0v) is 10.5. The standard InChI is InChI=1S/C14H21NO2/c1-3-4-10-13(15-11(2)14(16)17)12-8-6-5-7-9-12/h5-9,11,13,15H,3-4,10H2,1-2H3,(H,16,17). The third-order valence-corrected chi connectivity index (χ3v) is 2.87. The maximum absolute atomic E-state index is 10.9. The van der Waals surface area contributed by atoms with Crippen LogP contribution in [0.2, 0.25) is 0 Å². The Hall–Kier alpha value is -1.35. The van der Waals surface area contributed by atoms with Crippen molar-refractivity contribution in [2.24, 2.45) is 0 Å². The van der Waals surface area contributed by atoms with E-state index in [2.05, 4.69) is 12.2 Å². The molecular weight excluding hydrogens is 214 g/mol. The molecule has 0 aliphatic carbocycles. The van der Waals surface area contributed by atoms with Crippen molar-refractivity contribution in [1.29, 1.82) is 0 Å². The third-order valence-electron chi connectivity index (χ3n) is 2.87. The first-order valence-corrected chi connectivity index (χ1v) is 6.19. The number of carbonyl (C=O) groups is 1. The Balaban J connectivity index is 2.70. The summed E-state index contributed by atoms with van der Waals surface area (Å²) in [5.41, 5.74) is 1.16. The van der Waals surface area contributed by atoms with E-state index in [0.29, 0.717) is 0 Å². The average Bonchev–Trinajstić information content (AvgIpc) is 2.35. The second kappa shape index (κ2) is 7.07. The number of carboxylic acid groups (broad SMARTS) is 1. The molecule has 0 radical (unpaired) electrons. The molecular formula is C14H21NO2. The number of unbranched alkanes of at least 4 members (excludes halogenated alkanes) is 1. The zero-order chi connectivity index (χ0) is 12.7. The van der Waals surface area contributed by atoms with Crippen molar-refractivity contribution in [3.8, 4) is 0 Å². The highest BCUT2D eigenvalue weighted by Crippen LogP contribution is 2.19. The van der Waals surface area contributed by atoms with Crippen molar-refractivity contribution in [2.75, 3.05) is 0 Å². The fourth-order valence-corrected chi connectivity index (χ4v) is 1.81. The highest BCUT2D eigenvalue weighted by atomic mass is 16.4. The molecule has 2 N–H and O–H groups in total. The molecule has 1 aromatic carbocycles. The second-order valence-corrected chi connectivity index (χ2v) is 4.33. The Bertz CT molecular complexity index is 337. The van der Waals surface area contributed by atoms with E-state index in [1.807, 2.05) is 30.3 Å². The molecule has 0 saturated carbocycles. The topological polar surface area (TPSA) is 49.3 Å². The van der Waals surface area contributed by atoms with E-state index in [1.54, 1.807) is 6.92 Å². The smallest absolute Gasteiger partial charge is 0.320 e. The summed E-state index contributed by atoms with van der Waals surface area (Å²) in [6, 6.07) is 9.65. The summed E-state index contributed by atoms with van der Waals surface area (Å²) in [4.78, 5) is 10.9. The van der Waals surface area contributed by atoms with Crippen molar-refractivity contribution in [3.05, 3.63) is 35.9 Å². The van der Waals surface area contributed by atoms with E-state index in [4.69, 9.17) is 5.11 Å². The first-order valence-electron chi connectivity index (χ1n) is 6.19. The van der Waals surface area contributed by atoms with Crippen LogP contribution in [0.4, 0.5) is 0 Å². The molecule has 0 fully saturated rings. The molecule has 94 valence electrons. The Morgan fingerprint density at radius 2 is 2.00 bits per heavy atom. The lowest BCUT2D eigenvalue weighted by atomic mass is 10.0. The highest BCUT2D eigenvalue weighted by Gasteiger charge is 2.17. The van der Waals surface area contributed by atoms with Crippen molar-refractivity contribution in [1.82, 2.24) is 5.32 Å². The predicted molar refractivity (Wildman–Crippen MR) is 68.9 cm³/mol. The maximum atomic E-state index is 10.9. The van der Waals surface area contributed by atoms with Crippen LogP contribution in [0.1, 0.15) is 44.7 Å². The van der Waals surface area contributed by atoms with E-state index in [-0.39, 0.29) is 6.04 Å². The fourth-order valence-electron chi connectivity index (χ4n) is 1.81. The lowest BCUT2D eigenvalue weighted by Crippen LogP contribution is -2.36. The molecule has 1 aromatic rings. The summed E-state index contributed by atoms with van der Waals surface area (Å²) >= 11 is 0. The highest BCUT2D eigenvalue weighted by molar-refractivity contribution is 5.72. The number of carboxylic acids is 1. The quantitative estimate of drug-likeness (QED) is 0.764. The summed E-state index contributed by atoms with van der Waals surface area (Å²) in [5, 5.41) is 12.1. The summed E-state index contributed by atoms with van der Waals surface area (Å²) in [6.45, 7) is 3.83. The molecule has 0 amide bonds. The Labute approximate surface area is 103 Å². The minimum Gasteiger partial charge on any atom is -0.480 e. The first-order chi connectivity index (χ1) is 8.15. The van der Waals surface area contributed by atoms with Gasteiger partial charge < -0.3 is 5.11 Å². The first kappa shape index (κ1) is 13.7. The van der Waals surface area contributed by atoms with Gasteiger partial charge in [-0.05, 0) is 18.9 Å². The Morgan fingerprint density at radius 1 is 1.35 bits per heavy atom. The predicted octanol–water partition coefficient (Wildman–Crippen LogP) is 2.98. The van der Waals surface area contributed by atoms with E-state index < -0.39 is 12.0 Å². The minimum absolute atomic E-state index is 0.127. The monoisotopic (exact) mass is 235 g/mol. The largest absolute Gasteiger partial charge is 0.480 e. The SMILES string of the molecule is CCCCC(NC(C)C(=O)O)c1ccccc1. The van der Waals surface area contributed by atoms with Crippen LogP contribution < -0.4 is 5.32 Å². The molecule has 0 aromatic heterocycles. The van der Waals surface area contributed by atoms with E-state index in [0.717, 1.165) is 24.8 Å². The van der Waals surface area contributed by atoms with Gasteiger partial charge in [0, 0.05) is 6.04 Å². The number of hydrogen-bond acceptors (Lipinski definition) is 2. The van der Waals surface area contributed by atoms with Gasteiger partial charge in [0.25, 0.3) is 0 Å². The second-order valence-electron chi connectivity index (χ2n) is 4.33. The van der Waals surface area contributed by atoms with Crippen LogP contribution in [-0.4, -0.2) is 17.1 Å². The van der Waals surface area contributed by atoms with E-state index in [1.165, 1.54) is 0 Å². The molecule has 2 unspecified atom stereocenters. The van der Waals surface area contributed by atoms with Crippen LogP contribution >= 0.6 is 0 Å². The van der Waals surface area contributed by atoms with Crippen molar-refractivity contribution in [2.45, 2.75) is 45.2 Å². The molecule has 3 nitrogen and oxygen atoms in total.